The highest BCUT2D eigenvalue weighted by molar-refractivity contribution is 5.27. The summed E-state index contributed by atoms with van der Waals surface area (Å²) in [6.45, 7) is 0.461. The molecule has 3 aliphatic carbocycles. The lowest BCUT2D eigenvalue weighted by atomic mass is 9.71. The van der Waals surface area contributed by atoms with Gasteiger partial charge in [-0.05, 0) is 67.8 Å². The van der Waals surface area contributed by atoms with E-state index in [1.165, 1.54) is 37.7 Å². The number of allylic oxidation sites excluding steroid dienone is 4. The van der Waals surface area contributed by atoms with E-state index in [-0.39, 0.29) is 12.0 Å². The van der Waals surface area contributed by atoms with Crippen LogP contribution in [0.3, 0.4) is 0 Å². The summed E-state index contributed by atoms with van der Waals surface area (Å²) in [5, 5.41) is 0. The van der Waals surface area contributed by atoms with E-state index >= 15 is 0 Å². The summed E-state index contributed by atoms with van der Waals surface area (Å²) < 4.78 is 14.2. The van der Waals surface area contributed by atoms with Gasteiger partial charge in [0.2, 0.25) is 0 Å². The van der Waals surface area contributed by atoms with Crippen LogP contribution in [0, 0.1) is 23.7 Å². The standard InChI is InChI=1S/C20H33FN2/c21-19-11-17(10-18(12-19)20(23)13-22)16-8-6-15(7-9-16)14-4-2-1-3-5-14/h6,8-9,14-15,17-20H,1-5,7,10-13,22-23H2. The molecule has 5 unspecified atom stereocenters. The third-order valence-corrected chi connectivity index (χ3v) is 6.45. The van der Waals surface area contributed by atoms with Gasteiger partial charge >= 0.3 is 0 Å². The fraction of sp³-hybridized carbons (Fsp3) is 0.800. The van der Waals surface area contributed by atoms with E-state index in [4.69, 9.17) is 11.5 Å². The minimum atomic E-state index is -0.721. The van der Waals surface area contributed by atoms with Crippen LogP contribution in [0.4, 0.5) is 4.39 Å². The molecule has 0 bridgehead atoms. The second-order valence-corrected chi connectivity index (χ2v) is 8.02. The third-order valence-electron chi connectivity index (χ3n) is 6.45. The van der Waals surface area contributed by atoms with Crippen LogP contribution < -0.4 is 11.5 Å². The normalized spacial score (nSPS) is 37.4. The van der Waals surface area contributed by atoms with Crippen molar-refractivity contribution in [3.63, 3.8) is 0 Å². The first kappa shape index (κ1) is 17.2. The van der Waals surface area contributed by atoms with Crippen LogP contribution in [-0.4, -0.2) is 18.8 Å². The number of nitrogens with two attached hydrogens (primary N) is 2. The highest BCUT2D eigenvalue weighted by Crippen LogP contribution is 2.40. The van der Waals surface area contributed by atoms with Gasteiger partial charge in [0.1, 0.15) is 6.17 Å². The van der Waals surface area contributed by atoms with Gasteiger partial charge in [0.15, 0.2) is 0 Å². The van der Waals surface area contributed by atoms with Crippen LogP contribution in [0.5, 0.6) is 0 Å². The van der Waals surface area contributed by atoms with Crippen molar-refractivity contribution >= 4 is 0 Å². The van der Waals surface area contributed by atoms with Crippen molar-refractivity contribution in [3.8, 4) is 0 Å². The van der Waals surface area contributed by atoms with E-state index in [9.17, 15) is 4.39 Å². The van der Waals surface area contributed by atoms with Crippen LogP contribution in [0.2, 0.25) is 0 Å². The Labute approximate surface area is 140 Å². The lowest BCUT2D eigenvalue weighted by molar-refractivity contribution is 0.149. The lowest BCUT2D eigenvalue weighted by Gasteiger charge is -2.36. The summed E-state index contributed by atoms with van der Waals surface area (Å²) >= 11 is 0. The van der Waals surface area contributed by atoms with Gasteiger partial charge in [0.05, 0.1) is 0 Å². The predicted octanol–water partition coefficient (Wildman–Crippen LogP) is 4.11. The molecule has 0 aromatic carbocycles. The average Bonchev–Trinajstić information content (AvgIpc) is 2.61. The molecule has 3 rings (SSSR count). The fourth-order valence-electron chi connectivity index (χ4n) is 4.97. The van der Waals surface area contributed by atoms with Crippen molar-refractivity contribution in [3.05, 3.63) is 23.8 Å². The molecule has 23 heavy (non-hydrogen) atoms. The highest BCUT2D eigenvalue weighted by atomic mass is 19.1. The molecule has 3 aliphatic rings. The maximum absolute atomic E-state index is 14.2. The molecule has 2 nitrogen and oxygen atoms in total. The Bertz CT molecular complexity index is 439. The van der Waals surface area contributed by atoms with Gasteiger partial charge in [-0.25, -0.2) is 4.39 Å². The summed E-state index contributed by atoms with van der Waals surface area (Å²) in [6.07, 6.45) is 16.8. The van der Waals surface area contributed by atoms with Crippen molar-refractivity contribution in [2.45, 2.75) is 70.0 Å². The van der Waals surface area contributed by atoms with Gasteiger partial charge in [-0.1, -0.05) is 37.5 Å². The van der Waals surface area contributed by atoms with Crippen molar-refractivity contribution in [1.29, 1.82) is 0 Å². The first-order valence-electron chi connectivity index (χ1n) is 9.65. The Morgan fingerprint density at radius 3 is 2.57 bits per heavy atom. The van der Waals surface area contributed by atoms with Crippen molar-refractivity contribution in [2.75, 3.05) is 6.54 Å². The molecule has 2 saturated carbocycles. The van der Waals surface area contributed by atoms with E-state index in [1.54, 1.807) is 0 Å². The number of hydrogen-bond acceptors (Lipinski definition) is 2. The van der Waals surface area contributed by atoms with Gasteiger partial charge < -0.3 is 11.5 Å². The molecule has 0 aromatic rings. The number of rotatable bonds is 4. The average molecular weight is 320 g/mol. The minimum Gasteiger partial charge on any atom is -0.329 e. The lowest BCUT2D eigenvalue weighted by Crippen LogP contribution is -2.42. The largest absolute Gasteiger partial charge is 0.329 e. The third kappa shape index (κ3) is 4.24. The van der Waals surface area contributed by atoms with Gasteiger partial charge in [0, 0.05) is 12.6 Å². The maximum Gasteiger partial charge on any atom is 0.101 e. The Balaban J connectivity index is 1.59. The van der Waals surface area contributed by atoms with Crippen molar-refractivity contribution in [2.24, 2.45) is 35.1 Å². The predicted molar refractivity (Wildman–Crippen MR) is 94.7 cm³/mol. The summed E-state index contributed by atoms with van der Waals surface area (Å²) in [6, 6.07) is -0.0563. The molecule has 5 atom stereocenters. The number of halogens is 1. The summed E-state index contributed by atoms with van der Waals surface area (Å²) in [7, 11) is 0. The van der Waals surface area contributed by atoms with Gasteiger partial charge in [-0.3, -0.25) is 0 Å². The fourth-order valence-corrected chi connectivity index (χ4v) is 4.97. The van der Waals surface area contributed by atoms with Gasteiger partial charge in [0.25, 0.3) is 0 Å². The molecule has 0 radical (unpaired) electrons. The molecule has 0 aliphatic heterocycles. The quantitative estimate of drug-likeness (QED) is 0.819. The van der Waals surface area contributed by atoms with Crippen LogP contribution in [0.15, 0.2) is 23.8 Å². The molecule has 3 heteroatoms. The summed E-state index contributed by atoms with van der Waals surface area (Å²) in [4.78, 5) is 0. The summed E-state index contributed by atoms with van der Waals surface area (Å²) in [5.41, 5.74) is 13.1. The Hall–Kier alpha value is -0.670. The molecule has 2 fully saturated rings. The topological polar surface area (TPSA) is 52.0 Å². The van der Waals surface area contributed by atoms with Crippen molar-refractivity contribution in [1.82, 2.24) is 0 Å². The Morgan fingerprint density at radius 1 is 1.13 bits per heavy atom. The van der Waals surface area contributed by atoms with Gasteiger partial charge in [-0.15, -0.1) is 0 Å². The molecule has 0 amide bonds. The Morgan fingerprint density at radius 2 is 1.91 bits per heavy atom. The summed E-state index contributed by atoms with van der Waals surface area (Å²) in [5.74, 6) is 2.16. The van der Waals surface area contributed by atoms with Crippen LogP contribution >= 0.6 is 0 Å². The van der Waals surface area contributed by atoms with Crippen LogP contribution in [0.25, 0.3) is 0 Å². The van der Waals surface area contributed by atoms with E-state index in [2.05, 4.69) is 18.2 Å². The minimum absolute atomic E-state index is 0.0563. The maximum atomic E-state index is 14.2. The van der Waals surface area contributed by atoms with E-state index in [0.29, 0.717) is 31.2 Å². The molecule has 0 spiro atoms. The first-order valence-corrected chi connectivity index (χ1v) is 9.65. The monoisotopic (exact) mass is 320 g/mol. The van der Waals surface area contributed by atoms with E-state index in [1.807, 2.05) is 0 Å². The molecule has 0 aromatic heterocycles. The van der Waals surface area contributed by atoms with Crippen LogP contribution in [-0.2, 0) is 0 Å². The zero-order chi connectivity index (χ0) is 16.2. The molecular formula is C20H33FN2. The second-order valence-electron chi connectivity index (χ2n) is 8.02. The van der Waals surface area contributed by atoms with Crippen LogP contribution in [0.1, 0.15) is 57.8 Å². The Kier molecular flexibility index (Phi) is 5.92. The second kappa shape index (κ2) is 7.94. The number of hydrogen-bond donors (Lipinski definition) is 2. The van der Waals surface area contributed by atoms with E-state index < -0.39 is 6.17 Å². The zero-order valence-corrected chi connectivity index (χ0v) is 14.3. The number of alkyl halides is 1. The van der Waals surface area contributed by atoms with Crippen molar-refractivity contribution < 1.29 is 4.39 Å². The first-order chi connectivity index (χ1) is 11.2. The molecule has 4 N–H and O–H groups in total. The zero-order valence-electron chi connectivity index (χ0n) is 14.3. The molecule has 0 saturated heterocycles. The SMILES string of the molecule is NCC(N)C1CC(F)CC(C2=CCC(C3CCCCC3)C=C2)C1. The van der Waals surface area contributed by atoms with Gasteiger partial charge in [-0.2, -0.15) is 0 Å². The molecule has 130 valence electrons. The van der Waals surface area contributed by atoms with E-state index in [0.717, 1.165) is 18.8 Å². The smallest absolute Gasteiger partial charge is 0.101 e. The highest BCUT2D eigenvalue weighted by Gasteiger charge is 2.33. The molecular weight excluding hydrogens is 287 g/mol. The molecule has 0 heterocycles.